The molecule has 0 aliphatic heterocycles. The molecule has 138 valence electrons. The fraction of sp³-hybridized carbons (Fsp3) is 0.429. The van der Waals surface area contributed by atoms with Gasteiger partial charge in [0.15, 0.2) is 9.84 Å². The molecule has 0 heterocycles. The molecular formula is C21H30O3S. The molecule has 0 unspecified atom stereocenters. The zero-order valence-corrected chi connectivity index (χ0v) is 17.0. The van der Waals surface area contributed by atoms with Gasteiger partial charge >= 0.3 is 0 Å². The number of hydrogen-bond donors (Lipinski definition) is 0. The summed E-state index contributed by atoms with van der Waals surface area (Å²) >= 11 is 0. The number of sulfone groups is 1. The summed E-state index contributed by atoms with van der Waals surface area (Å²) in [5.74, 6) is 0.614. The van der Waals surface area contributed by atoms with Crippen LogP contribution in [0.15, 0.2) is 65.6 Å². The number of hydrogen-bond acceptors (Lipinski definition) is 3. The molecule has 25 heavy (non-hydrogen) atoms. The smallest absolute Gasteiger partial charge is 0.181 e. The van der Waals surface area contributed by atoms with E-state index in [1.807, 2.05) is 32.9 Å². The molecule has 0 aliphatic carbocycles. The number of rotatable bonds is 6. The first kappa shape index (κ1) is 21.2. The summed E-state index contributed by atoms with van der Waals surface area (Å²) in [5.41, 5.74) is 0.649. The molecule has 0 fully saturated rings. The van der Waals surface area contributed by atoms with Crippen LogP contribution in [0.2, 0.25) is 0 Å². The summed E-state index contributed by atoms with van der Waals surface area (Å²) in [6.45, 7) is 15.8. The van der Waals surface area contributed by atoms with Gasteiger partial charge in [-0.05, 0) is 56.0 Å². The standard InChI is InChI=1S/C21H30O3S/c1-8-10-17(20(2,3)4)11-9-16-25(22,23)19-14-12-18(13-15-19)24-21(5,6)7/h8-15H,1,16H2,2-7H3/b11-9-,17-10+. The Morgan fingerprint density at radius 2 is 1.64 bits per heavy atom. The zero-order chi connectivity index (χ0) is 19.3. The van der Waals surface area contributed by atoms with E-state index in [0.717, 1.165) is 5.57 Å². The van der Waals surface area contributed by atoms with E-state index in [-0.39, 0.29) is 16.8 Å². The summed E-state index contributed by atoms with van der Waals surface area (Å²) in [7, 11) is -3.37. The first-order chi connectivity index (χ1) is 11.3. The van der Waals surface area contributed by atoms with Gasteiger partial charge in [0, 0.05) is 0 Å². The maximum atomic E-state index is 12.5. The Balaban J connectivity index is 2.90. The van der Waals surface area contributed by atoms with Crippen LogP contribution in [0.3, 0.4) is 0 Å². The maximum Gasteiger partial charge on any atom is 0.181 e. The second-order valence-corrected chi connectivity index (χ2v) is 10.0. The van der Waals surface area contributed by atoms with E-state index in [1.54, 1.807) is 36.4 Å². The van der Waals surface area contributed by atoms with Crippen molar-refractivity contribution in [1.29, 1.82) is 0 Å². The van der Waals surface area contributed by atoms with E-state index < -0.39 is 9.84 Å². The van der Waals surface area contributed by atoms with E-state index in [4.69, 9.17) is 4.74 Å². The maximum absolute atomic E-state index is 12.5. The lowest BCUT2D eigenvalue weighted by atomic mass is 9.86. The third kappa shape index (κ3) is 7.30. The van der Waals surface area contributed by atoms with Crippen LogP contribution in [0.5, 0.6) is 5.75 Å². The van der Waals surface area contributed by atoms with Gasteiger partial charge in [0.25, 0.3) is 0 Å². The lowest BCUT2D eigenvalue weighted by Crippen LogP contribution is -2.22. The zero-order valence-electron chi connectivity index (χ0n) is 16.2. The summed E-state index contributed by atoms with van der Waals surface area (Å²) < 4.78 is 30.7. The number of ether oxygens (including phenoxy) is 1. The van der Waals surface area contributed by atoms with E-state index >= 15 is 0 Å². The van der Waals surface area contributed by atoms with Crippen LogP contribution in [-0.2, 0) is 9.84 Å². The van der Waals surface area contributed by atoms with E-state index in [2.05, 4.69) is 27.4 Å². The highest BCUT2D eigenvalue weighted by Crippen LogP contribution is 2.26. The molecule has 0 spiro atoms. The highest BCUT2D eigenvalue weighted by molar-refractivity contribution is 7.91. The van der Waals surface area contributed by atoms with Crippen molar-refractivity contribution in [3.8, 4) is 5.75 Å². The lowest BCUT2D eigenvalue weighted by molar-refractivity contribution is 0.131. The average Bonchev–Trinajstić information content (AvgIpc) is 2.44. The number of allylic oxidation sites excluding steroid dienone is 4. The van der Waals surface area contributed by atoms with Crippen LogP contribution < -0.4 is 4.74 Å². The van der Waals surface area contributed by atoms with Crippen LogP contribution in [-0.4, -0.2) is 19.8 Å². The molecule has 0 aromatic heterocycles. The molecular weight excluding hydrogens is 332 g/mol. The summed E-state index contributed by atoms with van der Waals surface area (Å²) in [6.07, 6.45) is 7.17. The van der Waals surface area contributed by atoms with Crippen LogP contribution in [0.1, 0.15) is 41.5 Å². The Morgan fingerprint density at radius 1 is 1.08 bits per heavy atom. The minimum Gasteiger partial charge on any atom is -0.488 e. The van der Waals surface area contributed by atoms with Gasteiger partial charge in [-0.2, -0.15) is 0 Å². The molecule has 0 saturated carbocycles. The molecule has 1 aromatic carbocycles. The van der Waals surface area contributed by atoms with Gasteiger partial charge in [-0.3, -0.25) is 0 Å². The van der Waals surface area contributed by atoms with Crippen LogP contribution in [0.4, 0.5) is 0 Å². The molecule has 0 bridgehead atoms. The summed E-state index contributed by atoms with van der Waals surface area (Å²) in [6, 6.07) is 6.57. The molecule has 0 radical (unpaired) electrons. The predicted octanol–water partition coefficient (Wildman–Crippen LogP) is 5.35. The Kier molecular flexibility index (Phi) is 6.83. The Morgan fingerprint density at radius 3 is 2.08 bits per heavy atom. The van der Waals surface area contributed by atoms with E-state index in [0.29, 0.717) is 10.6 Å². The average molecular weight is 363 g/mol. The SMILES string of the molecule is C=C/C=C(\C=C/CS(=O)(=O)c1ccc(OC(C)(C)C)cc1)C(C)(C)C. The normalized spacial score (nSPS) is 13.9. The van der Waals surface area contributed by atoms with Gasteiger partial charge in [0.1, 0.15) is 11.4 Å². The summed E-state index contributed by atoms with van der Waals surface area (Å²) in [4.78, 5) is 0.295. The highest BCUT2D eigenvalue weighted by atomic mass is 32.2. The Labute approximate surface area is 153 Å². The Hall–Kier alpha value is -1.81. The molecule has 0 amide bonds. The van der Waals surface area contributed by atoms with Crippen LogP contribution in [0.25, 0.3) is 0 Å². The second kappa shape index (κ2) is 8.05. The molecule has 0 aliphatic rings. The molecule has 0 saturated heterocycles. The van der Waals surface area contributed by atoms with E-state index in [9.17, 15) is 8.42 Å². The molecule has 0 atom stereocenters. The summed E-state index contributed by atoms with van der Waals surface area (Å²) in [5, 5.41) is 0. The molecule has 4 heteroatoms. The Bertz CT molecular complexity index is 738. The minimum absolute atomic E-state index is 0.0446. The molecule has 3 nitrogen and oxygen atoms in total. The highest BCUT2D eigenvalue weighted by Gasteiger charge is 2.17. The van der Waals surface area contributed by atoms with Gasteiger partial charge < -0.3 is 4.74 Å². The number of benzene rings is 1. The van der Waals surface area contributed by atoms with Gasteiger partial charge in [-0.15, -0.1) is 0 Å². The lowest BCUT2D eigenvalue weighted by Gasteiger charge is -2.21. The first-order valence-electron chi connectivity index (χ1n) is 8.37. The van der Waals surface area contributed by atoms with Crippen molar-refractivity contribution in [3.63, 3.8) is 0 Å². The van der Waals surface area contributed by atoms with Crippen molar-refractivity contribution in [3.05, 3.63) is 60.7 Å². The van der Waals surface area contributed by atoms with Gasteiger partial charge in [0.2, 0.25) is 0 Å². The van der Waals surface area contributed by atoms with Crippen LogP contribution >= 0.6 is 0 Å². The predicted molar refractivity (Wildman–Crippen MR) is 106 cm³/mol. The van der Waals surface area contributed by atoms with Crippen molar-refractivity contribution in [2.24, 2.45) is 5.41 Å². The van der Waals surface area contributed by atoms with Crippen molar-refractivity contribution < 1.29 is 13.2 Å². The first-order valence-corrected chi connectivity index (χ1v) is 10.0. The van der Waals surface area contributed by atoms with Gasteiger partial charge in [-0.1, -0.05) is 51.7 Å². The fourth-order valence-electron chi connectivity index (χ4n) is 2.15. The molecule has 1 rings (SSSR count). The van der Waals surface area contributed by atoms with Gasteiger partial charge in [-0.25, -0.2) is 8.42 Å². The third-order valence-electron chi connectivity index (χ3n) is 3.38. The van der Waals surface area contributed by atoms with E-state index in [1.165, 1.54) is 0 Å². The van der Waals surface area contributed by atoms with Crippen LogP contribution in [0, 0.1) is 5.41 Å². The van der Waals surface area contributed by atoms with Crippen molar-refractivity contribution >= 4 is 9.84 Å². The monoisotopic (exact) mass is 362 g/mol. The van der Waals surface area contributed by atoms with Crippen molar-refractivity contribution in [2.75, 3.05) is 5.75 Å². The topological polar surface area (TPSA) is 43.4 Å². The fourth-order valence-corrected chi connectivity index (χ4v) is 3.24. The molecule has 1 aromatic rings. The largest absolute Gasteiger partial charge is 0.488 e. The van der Waals surface area contributed by atoms with Crippen molar-refractivity contribution in [2.45, 2.75) is 52.0 Å². The van der Waals surface area contributed by atoms with Gasteiger partial charge in [0.05, 0.1) is 10.6 Å². The quantitative estimate of drug-likeness (QED) is 0.641. The molecule has 0 N–H and O–H groups in total. The second-order valence-electron chi connectivity index (χ2n) is 7.98. The minimum atomic E-state index is -3.37. The van der Waals surface area contributed by atoms with Crippen molar-refractivity contribution in [1.82, 2.24) is 0 Å². The third-order valence-corrected chi connectivity index (χ3v) is 5.01.